The van der Waals surface area contributed by atoms with Crippen molar-refractivity contribution in [2.45, 2.75) is 51.2 Å². The smallest absolute Gasteiger partial charge is 0.302 e. The van der Waals surface area contributed by atoms with Gasteiger partial charge >= 0.3 is 6.18 Å². The first-order chi connectivity index (χ1) is 11.4. The summed E-state index contributed by atoms with van der Waals surface area (Å²) in [4.78, 5) is 15.8. The maximum atomic E-state index is 13.1. The molecule has 0 unspecified atom stereocenters. The molecule has 0 bridgehead atoms. The zero-order chi connectivity index (χ0) is 17.2. The Kier molecular flexibility index (Phi) is 4.88. The second kappa shape index (κ2) is 6.92. The number of fused-ring (bicyclic) bond motifs is 1. The third-order valence-electron chi connectivity index (χ3n) is 3.98. The first-order valence-corrected chi connectivity index (χ1v) is 8.68. The van der Waals surface area contributed by atoms with Gasteiger partial charge in [0, 0.05) is 35.8 Å². The monoisotopic (exact) mass is 358 g/mol. The standard InChI is InChI=1S/C15H17F3N4OS/c16-15(17,18)13-10-4-1-2-5-11(10)22(21-13)8-3-6-12(23)20-14-19-7-9-24-14/h7,9H,1-6,8H2,(H,19,20,23). The van der Waals surface area contributed by atoms with Crippen molar-refractivity contribution in [3.8, 4) is 0 Å². The minimum Gasteiger partial charge on any atom is -0.302 e. The van der Waals surface area contributed by atoms with Gasteiger partial charge in [-0.25, -0.2) is 4.98 Å². The van der Waals surface area contributed by atoms with E-state index in [0.29, 0.717) is 42.2 Å². The van der Waals surface area contributed by atoms with Crippen LogP contribution in [0.25, 0.3) is 0 Å². The fourth-order valence-corrected chi connectivity index (χ4v) is 3.48. The average molecular weight is 358 g/mol. The molecule has 9 heteroatoms. The van der Waals surface area contributed by atoms with Crippen LogP contribution in [0.5, 0.6) is 0 Å². The molecule has 2 heterocycles. The van der Waals surface area contributed by atoms with E-state index >= 15 is 0 Å². The molecule has 0 fully saturated rings. The SMILES string of the molecule is O=C(CCCn1nc(C(F)(F)F)c2c1CCCC2)Nc1nccs1. The summed E-state index contributed by atoms with van der Waals surface area (Å²) < 4.78 is 40.8. The Morgan fingerprint density at radius 3 is 2.83 bits per heavy atom. The summed E-state index contributed by atoms with van der Waals surface area (Å²) in [5.41, 5.74) is 0.249. The highest BCUT2D eigenvalue weighted by atomic mass is 32.1. The van der Waals surface area contributed by atoms with Gasteiger partial charge in [0.2, 0.25) is 5.91 Å². The zero-order valence-electron chi connectivity index (χ0n) is 12.9. The molecular weight excluding hydrogens is 341 g/mol. The maximum absolute atomic E-state index is 13.1. The van der Waals surface area contributed by atoms with E-state index in [2.05, 4.69) is 15.4 Å². The number of rotatable bonds is 5. The fraction of sp³-hybridized carbons (Fsp3) is 0.533. The number of hydrogen-bond acceptors (Lipinski definition) is 4. The second-order valence-electron chi connectivity index (χ2n) is 5.69. The van der Waals surface area contributed by atoms with Gasteiger partial charge in [-0.15, -0.1) is 11.3 Å². The number of halogens is 3. The highest BCUT2D eigenvalue weighted by Gasteiger charge is 2.39. The van der Waals surface area contributed by atoms with Crippen LogP contribution in [0.15, 0.2) is 11.6 Å². The van der Waals surface area contributed by atoms with Gasteiger partial charge in [0.15, 0.2) is 10.8 Å². The minimum absolute atomic E-state index is 0.193. The Hall–Kier alpha value is -1.90. The molecule has 0 saturated carbocycles. The van der Waals surface area contributed by atoms with Gasteiger partial charge in [0.25, 0.3) is 0 Å². The van der Waals surface area contributed by atoms with Gasteiger partial charge in [-0.3, -0.25) is 9.48 Å². The number of amides is 1. The van der Waals surface area contributed by atoms with Gasteiger partial charge in [-0.05, 0) is 32.1 Å². The Morgan fingerprint density at radius 1 is 1.33 bits per heavy atom. The molecule has 1 amide bonds. The van der Waals surface area contributed by atoms with E-state index in [1.807, 2.05) is 0 Å². The Labute approximate surface area is 140 Å². The summed E-state index contributed by atoms with van der Waals surface area (Å²) in [6, 6.07) is 0. The van der Waals surface area contributed by atoms with Gasteiger partial charge in [0.05, 0.1) is 0 Å². The average Bonchev–Trinajstić information content (AvgIpc) is 3.15. The molecule has 0 saturated heterocycles. The number of aryl methyl sites for hydroxylation is 1. The maximum Gasteiger partial charge on any atom is 0.435 e. The number of nitrogens with zero attached hydrogens (tertiary/aromatic N) is 3. The lowest BCUT2D eigenvalue weighted by Crippen LogP contribution is -2.14. The zero-order valence-corrected chi connectivity index (χ0v) is 13.7. The lowest BCUT2D eigenvalue weighted by molar-refractivity contribution is -0.142. The van der Waals surface area contributed by atoms with E-state index < -0.39 is 11.9 Å². The quantitative estimate of drug-likeness (QED) is 0.887. The molecule has 1 aliphatic rings. The summed E-state index contributed by atoms with van der Waals surface area (Å²) in [6.45, 7) is 0.309. The molecule has 24 heavy (non-hydrogen) atoms. The minimum atomic E-state index is -4.42. The molecule has 130 valence electrons. The third-order valence-corrected chi connectivity index (χ3v) is 4.67. The van der Waals surface area contributed by atoms with Crippen molar-refractivity contribution in [1.82, 2.24) is 14.8 Å². The molecule has 5 nitrogen and oxygen atoms in total. The number of nitrogens with one attached hydrogen (secondary N) is 1. The van der Waals surface area contributed by atoms with Crippen LogP contribution in [0.3, 0.4) is 0 Å². The number of aromatic nitrogens is 3. The molecule has 0 aromatic carbocycles. The molecule has 0 radical (unpaired) electrons. The van der Waals surface area contributed by atoms with Crippen molar-refractivity contribution < 1.29 is 18.0 Å². The molecular formula is C15H17F3N4OS. The normalized spacial score (nSPS) is 14.5. The van der Waals surface area contributed by atoms with Crippen molar-refractivity contribution in [1.29, 1.82) is 0 Å². The number of thiazole rings is 1. The van der Waals surface area contributed by atoms with E-state index in [1.165, 1.54) is 16.0 Å². The summed E-state index contributed by atoms with van der Waals surface area (Å²) in [5, 5.41) is 8.72. The number of alkyl halides is 3. The predicted octanol–water partition coefficient (Wildman–Crippen LogP) is 3.66. The summed E-state index contributed by atoms with van der Waals surface area (Å²) in [6.07, 6.45) is 0.499. The third kappa shape index (κ3) is 3.77. The topological polar surface area (TPSA) is 59.8 Å². The lowest BCUT2D eigenvalue weighted by atomic mass is 9.95. The molecule has 3 rings (SSSR count). The first-order valence-electron chi connectivity index (χ1n) is 7.80. The largest absolute Gasteiger partial charge is 0.435 e. The van der Waals surface area contributed by atoms with E-state index in [1.54, 1.807) is 11.6 Å². The molecule has 1 aliphatic carbocycles. The number of hydrogen-bond donors (Lipinski definition) is 1. The van der Waals surface area contributed by atoms with Crippen LogP contribution in [0.1, 0.15) is 42.6 Å². The van der Waals surface area contributed by atoms with Gasteiger partial charge in [-0.2, -0.15) is 18.3 Å². The van der Waals surface area contributed by atoms with Crippen LogP contribution < -0.4 is 5.32 Å². The van der Waals surface area contributed by atoms with Crippen LogP contribution in [-0.4, -0.2) is 20.7 Å². The van der Waals surface area contributed by atoms with Crippen LogP contribution in [0.2, 0.25) is 0 Å². The van der Waals surface area contributed by atoms with Gasteiger partial charge in [-0.1, -0.05) is 0 Å². The summed E-state index contributed by atoms with van der Waals surface area (Å²) >= 11 is 1.32. The van der Waals surface area contributed by atoms with Gasteiger partial charge in [0.1, 0.15) is 0 Å². The van der Waals surface area contributed by atoms with Crippen LogP contribution in [0.4, 0.5) is 18.3 Å². The van der Waals surface area contributed by atoms with Crippen molar-refractivity contribution in [2.75, 3.05) is 5.32 Å². The summed E-state index contributed by atoms with van der Waals surface area (Å²) in [5.74, 6) is -0.193. The van der Waals surface area contributed by atoms with Crippen molar-refractivity contribution in [3.05, 3.63) is 28.5 Å². The van der Waals surface area contributed by atoms with Crippen LogP contribution in [-0.2, 0) is 30.4 Å². The van der Waals surface area contributed by atoms with Gasteiger partial charge < -0.3 is 5.32 Å². The van der Waals surface area contributed by atoms with E-state index in [9.17, 15) is 18.0 Å². The van der Waals surface area contributed by atoms with Crippen molar-refractivity contribution in [3.63, 3.8) is 0 Å². The Balaban J connectivity index is 1.63. The first kappa shape index (κ1) is 16.9. The Morgan fingerprint density at radius 2 is 2.12 bits per heavy atom. The molecule has 0 aliphatic heterocycles. The molecule has 2 aromatic heterocycles. The molecule has 0 spiro atoms. The van der Waals surface area contributed by atoms with E-state index in [0.717, 1.165) is 12.8 Å². The van der Waals surface area contributed by atoms with Crippen molar-refractivity contribution >= 4 is 22.4 Å². The highest BCUT2D eigenvalue weighted by Crippen LogP contribution is 2.35. The Bertz CT molecular complexity index is 709. The predicted molar refractivity (Wildman–Crippen MR) is 83.8 cm³/mol. The highest BCUT2D eigenvalue weighted by molar-refractivity contribution is 7.13. The van der Waals surface area contributed by atoms with Crippen LogP contribution >= 0.6 is 11.3 Å². The van der Waals surface area contributed by atoms with E-state index in [-0.39, 0.29) is 12.3 Å². The molecule has 2 aromatic rings. The fourth-order valence-electron chi connectivity index (χ4n) is 2.94. The molecule has 1 N–H and O–H groups in total. The second-order valence-corrected chi connectivity index (χ2v) is 6.59. The molecule has 0 atom stereocenters. The van der Waals surface area contributed by atoms with E-state index in [4.69, 9.17) is 0 Å². The van der Waals surface area contributed by atoms with Crippen LogP contribution in [0, 0.1) is 0 Å². The van der Waals surface area contributed by atoms with Crippen molar-refractivity contribution in [2.24, 2.45) is 0 Å². The number of anilines is 1. The number of carbonyl (C=O) groups is 1. The number of carbonyl (C=O) groups excluding carboxylic acids is 1. The lowest BCUT2D eigenvalue weighted by Gasteiger charge is -2.14. The summed E-state index contributed by atoms with van der Waals surface area (Å²) in [7, 11) is 0.